The molecule has 132 valence electrons. The average molecular weight is 357 g/mol. The first-order valence-electron chi connectivity index (χ1n) is 8.59. The van der Waals surface area contributed by atoms with E-state index in [1.54, 1.807) is 12.5 Å². The molecule has 1 aromatic heterocycles. The first kappa shape index (κ1) is 19.2. The van der Waals surface area contributed by atoms with Crippen molar-refractivity contribution >= 4 is 12.4 Å². The van der Waals surface area contributed by atoms with Gasteiger partial charge in [-0.3, -0.25) is 0 Å². The summed E-state index contributed by atoms with van der Waals surface area (Å²) >= 11 is 0. The minimum absolute atomic E-state index is 0. The Bertz CT molecular complexity index is 728. The van der Waals surface area contributed by atoms with Crippen molar-refractivity contribution in [2.45, 2.75) is 38.3 Å². The summed E-state index contributed by atoms with van der Waals surface area (Å²) in [5.41, 5.74) is 3.48. The third-order valence-corrected chi connectivity index (χ3v) is 4.32. The predicted molar refractivity (Wildman–Crippen MR) is 104 cm³/mol. The molecule has 3 rings (SSSR count). The lowest BCUT2D eigenvalue weighted by Crippen LogP contribution is -2.08. The summed E-state index contributed by atoms with van der Waals surface area (Å²) in [6, 6.07) is 20.8. The van der Waals surface area contributed by atoms with Gasteiger partial charge >= 0.3 is 0 Å². The monoisotopic (exact) mass is 356 g/mol. The molecule has 1 heterocycles. The molecule has 0 saturated heterocycles. The van der Waals surface area contributed by atoms with Crippen LogP contribution in [0.15, 0.2) is 73.2 Å². The van der Waals surface area contributed by atoms with E-state index in [-0.39, 0.29) is 12.4 Å². The van der Waals surface area contributed by atoms with Crippen LogP contribution in [0.3, 0.4) is 0 Å². The number of rotatable bonds is 8. The van der Waals surface area contributed by atoms with Crippen LogP contribution in [0.4, 0.5) is 0 Å². The summed E-state index contributed by atoms with van der Waals surface area (Å²) in [6.45, 7) is 0.747. The SMILES string of the molecule is Cl.OC(CCCCc1ccccc1)c1cncn1Cc1ccccc1. The van der Waals surface area contributed by atoms with Gasteiger partial charge in [-0.2, -0.15) is 0 Å². The van der Waals surface area contributed by atoms with E-state index >= 15 is 0 Å². The minimum atomic E-state index is -0.452. The molecule has 3 nitrogen and oxygen atoms in total. The van der Waals surface area contributed by atoms with Gasteiger partial charge in [-0.05, 0) is 30.4 Å². The molecule has 0 aliphatic carbocycles. The fraction of sp³-hybridized carbons (Fsp3) is 0.286. The Morgan fingerprint density at radius 2 is 1.52 bits per heavy atom. The normalized spacial score (nSPS) is 11.7. The van der Waals surface area contributed by atoms with Crippen molar-refractivity contribution in [1.82, 2.24) is 9.55 Å². The number of aryl methyl sites for hydroxylation is 1. The summed E-state index contributed by atoms with van der Waals surface area (Å²) in [5.74, 6) is 0. The first-order valence-corrected chi connectivity index (χ1v) is 8.59. The second kappa shape index (κ2) is 10.0. The molecule has 0 aliphatic rings. The standard InChI is InChI=1S/C21H24N2O.ClH/c24-21(14-8-7-11-18-9-3-1-4-10-18)20-15-22-17-23(20)16-19-12-5-2-6-13-19;/h1-6,9-10,12-13,15,17,21,24H,7-8,11,14,16H2;1H. The molecule has 1 unspecified atom stereocenters. The molecular weight excluding hydrogens is 332 g/mol. The van der Waals surface area contributed by atoms with Gasteiger partial charge in [0.2, 0.25) is 0 Å². The topological polar surface area (TPSA) is 38.1 Å². The van der Waals surface area contributed by atoms with Crippen molar-refractivity contribution in [3.63, 3.8) is 0 Å². The van der Waals surface area contributed by atoms with E-state index in [2.05, 4.69) is 41.4 Å². The summed E-state index contributed by atoms with van der Waals surface area (Å²) in [6.07, 6.45) is 7.07. The Morgan fingerprint density at radius 3 is 2.20 bits per heavy atom. The quantitative estimate of drug-likeness (QED) is 0.589. The minimum Gasteiger partial charge on any atom is -0.387 e. The second-order valence-electron chi connectivity index (χ2n) is 6.18. The maximum absolute atomic E-state index is 10.5. The van der Waals surface area contributed by atoms with Gasteiger partial charge in [-0.15, -0.1) is 12.4 Å². The molecule has 0 amide bonds. The van der Waals surface area contributed by atoms with Gasteiger partial charge in [0, 0.05) is 6.54 Å². The lowest BCUT2D eigenvalue weighted by atomic mass is 10.0. The van der Waals surface area contributed by atoms with Crippen LogP contribution < -0.4 is 0 Å². The number of nitrogens with zero attached hydrogens (tertiary/aromatic N) is 2. The Labute approximate surface area is 155 Å². The number of halogens is 1. The fourth-order valence-electron chi connectivity index (χ4n) is 2.98. The number of benzene rings is 2. The third-order valence-electron chi connectivity index (χ3n) is 4.32. The molecule has 0 bridgehead atoms. The van der Waals surface area contributed by atoms with Gasteiger partial charge in [0.15, 0.2) is 0 Å². The van der Waals surface area contributed by atoms with Crippen molar-refractivity contribution in [2.24, 2.45) is 0 Å². The first-order chi connectivity index (χ1) is 11.8. The number of aliphatic hydroxyl groups is 1. The van der Waals surface area contributed by atoms with Crippen molar-refractivity contribution in [1.29, 1.82) is 0 Å². The van der Waals surface area contributed by atoms with Crippen molar-refractivity contribution < 1.29 is 5.11 Å². The van der Waals surface area contributed by atoms with E-state index in [0.29, 0.717) is 0 Å². The maximum atomic E-state index is 10.5. The lowest BCUT2D eigenvalue weighted by Gasteiger charge is -2.14. The highest BCUT2D eigenvalue weighted by Crippen LogP contribution is 2.20. The van der Waals surface area contributed by atoms with Gasteiger partial charge in [0.25, 0.3) is 0 Å². The van der Waals surface area contributed by atoms with Crippen LogP contribution in [0.25, 0.3) is 0 Å². The second-order valence-corrected chi connectivity index (χ2v) is 6.18. The Kier molecular flexibility index (Phi) is 7.71. The molecule has 3 aromatic rings. The highest BCUT2D eigenvalue weighted by molar-refractivity contribution is 5.85. The highest BCUT2D eigenvalue weighted by Gasteiger charge is 2.13. The Hall–Kier alpha value is -2.10. The molecule has 1 N–H and O–H groups in total. The zero-order chi connectivity index (χ0) is 16.6. The largest absolute Gasteiger partial charge is 0.387 e. The lowest BCUT2D eigenvalue weighted by molar-refractivity contribution is 0.155. The number of aliphatic hydroxyl groups excluding tert-OH is 1. The van der Waals surface area contributed by atoms with Crippen molar-refractivity contribution in [3.8, 4) is 0 Å². The number of hydrogen-bond donors (Lipinski definition) is 1. The molecule has 4 heteroatoms. The Balaban J connectivity index is 0.00000225. The molecule has 0 saturated carbocycles. The van der Waals surface area contributed by atoms with Crippen LogP contribution in [-0.2, 0) is 13.0 Å². The zero-order valence-electron chi connectivity index (χ0n) is 14.3. The molecule has 1 atom stereocenters. The van der Waals surface area contributed by atoms with Crippen LogP contribution in [0, 0.1) is 0 Å². The molecule has 0 aliphatic heterocycles. The number of unbranched alkanes of at least 4 members (excludes halogenated alkanes) is 1. The van der Waals surface area contributed by atoms with Gasteiger partial charge in [-0.1, -0.05) is 67.1 Å². The predicted octanol–water partition coefficient (Wildman–Crippen LogP) is 4.80. The Morgan fingerprint density at radius 1 is 0.880 bits per heavy atom. The van der Waals surface area contributed by atoms with Gasteiger partial charge in [0.05, 0.1) is 24.3 Å². The average Bonchev–Trinajstić information content (AvgIpc) is 3.08. The molecule has 25 heavy (non-hydrogen) atoms. The molecular formula is C21H25ClN2O. The third kappa shape index (κ3) is 5.73. The summed E-state index contributed by atoms with van der Waals surface area (Å²) in [5, 5.41) is 10.5. The van der Waals surface area contributed by atoms with Gasteiger partial charge in [0.1, 0.15) is 0 Å². The van der Waals surface area contributed by atoms with Crippen LogP contribution in [-0.4, -0.2) is 14.7 Å². The number of imidazole rings is 1. The highest BCUT2D eigenvalue weighted by atomic mass is 35.5. The van der Waals surface area contributed by atoms with E-state index in [4.69, 9.17) is 0 Å². The zero-order valence-corrected chi connectivity index (χ0v) is 15.1. The molecule has 0 fully saturated rings. The smallest absolute Gasteiger partial charge is 0.0955 e. The molecule has 0 spiro atoms. The summed E-state index contributed by atoms with van der Waals surface area (Å²) in [4.78, 5) is 4.22. The fourth-order valence-corrected chi connectivity index (χ4v) is 2.98. The van der Waals surface area contributed by atoms with E-state index < -0.39 is 6.10 Å². The van der Waals surface area contributed by atoms with Gasteiger partial charge < -0.3 is 9.67 Å². The molecule has 2 aromatic carbocycles. The van der Waals surface area contributed by atoms with E-state index in [1.165, 1.54) is 11.1 Å². The summed E-state index contributed by atoms with van der Waals surface area (Å²) < 4.78 is 2.04. The van der Waals surface area contributed by atoms with Gasteiger partial charge in [-0.25, -0.2) is 4.98 Å². The van der Waals surface area contributed by atoms with Crippen LogP contribution in [0.1, 0.15) is 42.2 Å². The van der Waals surface area contributed by atoms with Crippen LogP contribution in [0.2, 0.25) is 0 Å². The van der Waals surface area contributed by atoms with E-state index in [0.717, 1.165) is 37.9 Å². The van der Waals surface area contributed by atoms with Crippen LogP contribution in [0.5, 0.6) is 0 Å². The number of hydrogen-bond acceptors (Lipinski definition) is 2. The number of aromatic nitrogens is 2. The molecule has 0 radical (unpaired) electrons. The van der Waals surface area contributed by atoms with Crippen LogP contribution >= 0.6 is 12.4 Å². The van der Waals surface area contributed by atoms with E-state index in [9.17, 15) is 5.11 Å². The summed E-state index contributed by atoms with van der Waals surface area (Å²) in [7, 11) is 0. The van der Waals surface area contributed by atoms with Crippen molar-refractivity contribution in [2.75, 3.05) is 0 Å². The van der Waals surface area contributed by atoms with Crippen molar-refractivity contribution in [3.05, 3.63) is 90.0 Å². The van der Waals surface area contributed by atoms with E-state index in [1.807, 2.05) is 28.8 Å². The maximum Gasteiger partial charge on any atom is 0.0955 e.